The number of carboxylic acid groups (broad SMARTS) is 1. The summed E-state index contributed by atoms with van der Waals surface area (Å²) in [6.07, 6.45) is 5.22. The molecule has 0 aromatic carbocycles. The second kappa shape index (κ2) is 6.09. The van der Waals surface area contributed by atoms with Crippen LogP contribution in [0.25, 0.3) is 0 Å². The van der Waals surface area contributed by atoms with Crippen LogP contribution in [0.1, 0.15) is 36.7 Å². The summed E-state index contributed by atoms with van der Waals surface area (Å²) >= 11 is 2.03. The molecular formula is C13H18N2O2S. The van der Waals surface area contributed by atoms with Crippen molar-refractivity contribution in [2.45, 2.75) is 37.5 Å². The van der Waals surface area contributed by atoms with Gasteiger partial charge >= 0.3 is 5.97 Å². The molecule has 1 aromatic heterocycles. The minimum atomic E-state index is -0.984. The SMILES string of the molecule is CCSC1CCC(Nc2ccc(C(=O)O)nc2)C1. The van der Waals surface area contributed by atoms with Crippen LogP contribution in [0.3, 0.4) is 0 Å². The topological polar surface area (TPSA) is 62.2 Å². The highest BCUT2D eigenvalue weighted by atomic mass is 32.2. The van der Waals surface area contributed by atoms with Crippen LogP contribution in [0.5, 0.6) is 0 Å². The van der Waals surface area contributed by atoms with Crippen LogP contribution in [0.2, 0.25) is 0 Å². The number of anilines is 1. The number of aromatic nitrogens is 1. The Morgan fingerprint density at radius 1 is 1.56 bits per heavy atom. The summed E-state index contributed by atoms with van der Waals surface area (Å²) in [6, 6.07) is 3.82. The molecule has 1 heterocycles. The first-order chi connectivity index (χ1) is 8.69. The summed E-state index contributed by atoms with van der Waals surface area (Å²) in [5.74, 6) is 0.188. The van der Waals surface area contributed by atoms with E-state index in [0.29, 0.717) is 6.04 Å². The standard InChI is InChI=1S/C13H18N2O2S/c1-2-18-11-5-3-9(7-11)15-10-4-6-12(13(16)17)14-8-10/h4,6,8-9,11,15H,2-3,5,7H2,1H3,(H,16,17). The number of hydrogen-bond donors (Lipinski definition) is 2. The van der Waals surface area contributed by atoms with Gasteiger partial charge in [-0.05, 0) is 37.1 Å². The average molecular weight is 266 g/mol. The molecule has 0 aliphatic heterocycles. The lowest BCUT2D eigenvalue weighted by Gasteiger charge is -2.14. The van der Waals surface area contributed by atoms with Gasteiger partial charge in [0.2, 0.25) is 0 Å². The number of aromatic carboxylic acids is 1. The predicted octanol–water partition coefficient (Wildman–Crippen LogP) is 2.87. The highest BCUT2D eigenvalue weighted by molar-refractivity contribution is 7.99. The number of rotatable bonds is 5. The summed E-state index contributed by atoms with van der Waals surface area (Å²) in [5, 5.41) is 13.0. The fourth-order valence-electron chi connectivity index (χ4n) is 2.30. The Labute approximate surface area is 111 Å². The summed E-state index contributed by atoms with van der Waals surface area (Å²) in [4.78, 5) is 14.6. The van der Waals surface area contributed by atoms with Crippen LogP contribution < -0.4 is 5.32 Å². The zero-order chi connectivity index (χ0) is 13.0. The van der Waals surface area contributed by atoms with Crippen LogP contribution in [0, 0.1) is 0 Å². The van der Waals surface area contributed by atoms with Crippen molar-refractivity contribution in [3.63, 3.8) is 0 Å². The smallest absolute Gasteiger partial charge is 0.354 e. The first kappa shape index (κ1) is 13.2. The molecule has 98 valence electrons. The van der Waals surface area contributed by atoms with Gasteiger partial charge in [-0.15, -0.1) is 0 Å². The van der Waals surface area contributed by atoms with Crippen LogP contribution >= 0.6 is 11.8 Å². The van der Waals surface area contributed by atoms with Gasteiger partial charge in [0.05, 0.1) is 11.9 Å². The molecule has 2 atom stereocenters. The number of hydrogen-bond acceptors (Lipinski definition) is 4. The Bertz CT molecular complexity index is 408. The number of thioether (sulfide) groups is 1. The Balaban J connectivity index is 1.88. The van der Waals surface area contributed by atoms with Crippen molar-refractivity contribution in [3.05, 3.63) is 24.0 Å². The second-order valence-corrected chi connectivity index (χ2v) is 6.05. The Morgan fingerprint density at radius 2 is 2.39 bits per heavy atom. The van der Waals surface area contributed by atoms with Crippen LogP contribution in [0.15, 0.2) is 18.3 Å². The van der Waals surface area contributed by atoms with E-state index in [4.69, 9.17) is 5.11 Å². The van der Waals surface area contributed by atoms with Gasteiger partial charge in [0.1, 0.15) is 5.69 Å². The average Bonchev–Trinajstić information content (AvgIpc) is 2.78. The van der Waals surface area contributed by atoms with Gasteiger partial charge in [-0.25, -0.2) is 9.78 Å². The molecule has 0 bridgehead atoms. The largest absolute Gasteiger partial charge is 0.477 e. The van der Waals surface area contributed by atoms with Crippen molar-refractivity contribution in [1.29, 1.82) is 0 Å². The summed E-state index contributed by atoms with van der Waals surface area (Å²) in [7, 11) is 0. The molecule has 1 aliphatic carbocycles. The first-order valence-electron chi connectivity index (χ1n) is 6.26. The number of nitrogens with zero attached hydrogens (tertiary/aromatic N) is 1. The monoisotopic (exact) mass is 266 g/mol. The van der Waals surface area contributed by atoms with E-state index in [1.807, 2.05) is 11.8 Å². The lowest BCUT2D eigenvalue weighted by atomic mass is 10.2. The van der Waals surface area contributed by atoms with E-state index in [2.05, 4.69) is 17.2 Å². The number of carboxylic acids is 1. The van der Waals surface area contributed by atoms with E-state index in [1.54, 1.807) is 12.3 Å². The van der Waals surface area contributed by atoms with Crippen molar-refractivity contribution >= 4 is 23.4 Å². The molecule has 2 rings (SSSR count). The molecule has 1 aromatic rings. The molecule has 0 amide bonds. The normalized spacial score (nSPS) is 22.9. The van der Waals surface area contributed by atoms with Crippen molar-refractivity contribution in [1.82, 2.24) is 4.98 Å². The van der Waals surface area contributed by atoms with E-state index in [0.717, 1.165) is 10.9 Å². The van der Waals surface area contributed by atoms with E-state index in [-0.39, 0.29) is 5.69 Å². The van der Waals surface area contributed by atoms with E-state index >= 15 is 0 Å². The molecule has 5 heteroatoms. The lowest BCUT2D eigenvalue weighted by Crippen LogP contribution is -2.16. The van der Waals surface area contributed by atoms with Gasteiger partial charge in [0, 0.05) is 11.3 Å². The molecular weight excluding hydrogens is 248 g/mol. The molecule has 2 unspecified atom stereocenters. The van der Waals surface area contributed by atoms with Crippen molar-refractivity contribution < 1.29 is 9.90 Å². The van der Waals surface area contributed by atoms with Crippen LogP contribution in [-0.2, 0) is 0 Å². The fourth-order valence-corrected chi connectivity index (χ4v) is 3.44. The molecule has 1 aliphatic rings. The highest BCUT2D eigenvalue weighted by Gasteiger charge is 2.24. The van der Waals surface area contributed by atoms with Gasteiger partial charge in [0.25, 0.3) is 0 Å². The molecule has 1 fully saturated rings. The van der Waals surface area contributed by atoms with Gasteiger partial charge < -0.3 is 10.4 Å². The summed E-state index contributed by atoms with van der Waals surface area (Å²) in [5.41, 5.74) is 0.999. The van der Waals surface area contributed by atoms with Gasteiger partial charge in [-0.3, -0.25) is 0 Å². The third-order valence-corrected chi connectivity index (χ3v) is 4.37. The summed E-state index contributed by atoms with van der Waals surface area (Å²) < 4.78 is 0. The maximum atomic E-state index is 10.7. The fraction of sp³-hybridized carbons (Fsp3) is 0.538. The zero-order valence-corrected chi connectivity index (χ0v) is 11.2. The molecule has 18 heavy (non-hydrogen) atoms. The second-order valence-electron chi connectivity index (χ2n) is 4.47. The van der Waals surface area contributed by atoms with E-state index in [1.165, 1.54) is 31.1 Å². The third kappa shape index (κ3) is 3.38. The van der Waals surface area contributed by atoms with Crippen molar-refractivity contribution in [2.24, 2.45) is 0 Å². The molecule has 0 saturated heterocycles. The van der Waals surface area contributed by atoms with Crippen LogP contribution in [0.4, 0.5) is 5.69 Å². The maximum Gasteiger partial charge on any atom is 0.354 e. The minimum absolute atomic E-state index is 0.0892. The zero-order valence-electron chi connectivity index (χ0n) is 10.4. The van der Waals surface area contributed by atoms with Crippen molar-refractivity contribution in [2.75, 3.05) is 11.1 Å². The predicted molar refractivity (Wildman–Crippen MR) is 74.4 cm³/mol. The number of nitrogens with one attached hydrogen (secondary N) is 1. The molecule has 0 radical (unpaired) electrons. The first-order valence-corrected chi connectivity index (χ1v) is 7.31. The minimum Gasteiger partial charge on any atom is -0.477 e. The van der Waals surface area contributed by atoms with Gasteiger partial charge in [-0.2, -0.15) is 11.8 Å². The highest BCUT2D eigenvalue weighted by Crippen LogP contribution is 2.31. The third-order valence-electron chi connectivity index (χ3n) is 3.14. The molecule has 1 saturated carbocycles. The molecule has 4 nitrogen and oxygen atoms in total. The van der Waals surface area contributed by atoms with Crippen molar-refractivity contribution in [3.8, 4) is 0 Å². The van der Waals surface area contributed by atoms with E-state index in [9.17, 15) is 4.79 Å². The Morgan fingerprint density at radius 3 is 3.00 bits per heavy atom. The maximum absolute atomic E-state index is 10.7. The van der Waals surface area contributed by atoms with Gasteiger partial charge in [0.15, 0.2) is 0 Å². The molecule has 0 spiro atoms. The quantitative estimate of drug-likeness (QED) is 0.858. The van der Waals surface area contributed by atoms with Crippen LogP contribution in [-0.4, -0.2) is 33.1 Å². The Kier molecular flexibility index (Phi) is 4.47. The number of pyridine rings is 1. The molecule has 2 N–H and O–H groups in total. The number of carbonyl (C=O) groups is 1. The van der Waals surface area contributed by atoms with Gasteiger partial charge in [-0.1, -0.05) is 6.92 Å². The Hall–Kier alpha value is -1.23. The van der Waals surface area contributed by atoms with E-state index < -0.39 is 5.97 Å². The summed E-state index contributed by atoms with van der Waals surface area (Å²) in [6.45, 7) is 2.19. The lowest BCUT2D eigenvalue weighted by molar-refractivity contribution is 0.0690.